The van der Waals surface area contributed by atoms with Crippen molar-refractivity contribution in [3.05, 3.63) is 59.7 Å². The van der Waals surface area contributed by atoms with Gasteiger partial charge < -0.3 is 10.6 Å². The third kappa shape index (κ3) is 24.8. The van der Waals surface area contributed by atoms with Crippen molar-refractivity contribution < 1.29 is 0 Å². The molecule has 0 aliphatic rings. The minimum Gasteiger partial charge on any atom is -0.385 e. The van der Waals surface area contributed by atoms with Crippen LogP contribution >= 0.6 is 0 Å². The Morgan fingerprint density at radius 1 is 0.306 bits per heavy atom. The number of para-hydroxylation sites is 2. The average molecular weight is 675 g/mol. The number of nitrogens with one attached hydrogen (secondary N) is 2. The molecule has 0 spiro atoms. The molecule has 0 heterocycles. The van der Waals surface area contributed by atoms with Crippen LogP contribution in [0.1, 0.15) is 211 Å². The molecule has 0 aliphatic carbocycles. The number of rotatable bonds is 36. The molecule has 280 valence electrons. The zero-order valence-corrected chi connectivity index (χ0v) is 33.0. The van der Waals surface area contributed by atoms with Crippen LogP contribution in [0.2, 0.25) is 0 Å². The summed E-state index contributed by atoms with van der Waals surface area (Å²) >= 11 is 0. The minimum absolute atomic E-state index is 1.02. The summed E-state index contributed by atoms with van der Waals surface area (Å²) in [6.07, 6.45) is 43.3. The maximum absolute atomic E-state index is 3.76. The van der Waals surface area contributed by atoms with Crippen molar-refractivity contribution in [1.82, 2.24) is 0 Å². The van der Waals surface area contributed by atoms with Gasteiger partial charge in [0.15, 0.2) is 0 Å². The molecule has 2 nitrogen and oxygen atoms in total. The van der Waals surface area contributed by atoms with Crippen molar-refractivity contribution in [2.75, 3.05) is 23.7 Å². The van der Waals surface area contributed by atoms with Crippen LogP contribution in [0.25, 0.3) is 0 Å². The molecular formula is C47H82N2. The van der Waals surface area contributed by atoms with Gasteiger partial charge in [0, 0.05) is 24.5 Å². The Balaban J connectivity index is 1.47. The smallest absolute Gasteiger partial charge is 0.0372 e. The average Bonchev–Trinajstić information content (AvgIpc) is 3.12. The van der Waals surface area contributed by atoms with E-state index in [2.05, 4.69) is 73.0 Å². The quantitative estimate of drug-likeness (QED) is 0.0703. The SMILES string of the molecule is CCCCCCCCCCCCCCCCc1ccccc1NCCCNc1ccccc1CCCCCCCCCCCCCCCC. The molecule has 2 aromatic rings. The first kappa shape index (κ1) is 43.2. The summed E-state index contributed by atoms with van der Waals surface area (Å²) in [5.41, 5.74) is 5.67. The van der Waals surface area contributed by atoms with E-state index in [0.29, 0.717) is 0 Å². The van der Waals surface area contributed by atoms with Gasteiger partial charge in [0.1, 0.15) is 0 Å². The zero-order valence-electron chi connectivity index (χ0n) is 33.0. The minimum atomic E-state index is 1.02. The lowest BCUT2D eigenvalue weighted by molar-refractivity contribution is 0.535. The van der Waals surface area contributed by atoms with Crippen molar-refractivity contribution in [3.63, 3.8) is 0 Å². The molecule has 0 bridgehead atoms. The van der Waals surface area contributed by atoms with Gasteiger partial charge in [-0.05, 0) is 55.4 Å². The maximum atomic E-state index is 3.76. The number of aryl methyl sites for hydroxylation is 2. The molecule has 2 rings (SSSR count). The summed E-state index contributed by atoms with van der Waals surface area (Å²) in [6.45, 7) is 6.64. The summed E-state index contributed by atoms with van der Waals surface area (Å²) < 4.78 is 0. The van der Waals surface area contributed by atoms with Gasteiger partial charge in [-0.15, -0.1) is 0 Å². The van der Waals surface area contributed by atoms with Crippen molar-refractivity contribution in [3.8, 4) is 0 Å². The molecule has 0 amide bonds. The molecule has 0 aliphatic heterocycles. The van der Waals surface area contributed by atoms with Gasteiger partial charge in [-0.2, -0.15) is 0 Å². The van der Waals surface area contributed by atoms with E-state index >= 15 is 0 Å². The van der Waals surface area contributed by atoms with E-state index in [1.165, 1.54) is 215 Å². The fourth-order valence-corrected chi connectivity index (χ4v) is 7.38. The molecule has 0 saturated carbocycles. The Morgan fingerprint density at radius 2 is 0.571 bits per heavy atom. The van der Waals surface area contributed by atoms with E-state index in [1.54, 1.807) is 0 Å². The summed E-state index contributed by atoms with van der Waals surface area (Å²) in [6, 6.07) is 18.0. The molecule has 2 aromatic carbocycles. The van der Waals surface area contributed by atoms with Gasteiger partial charge in [0.25, 0.3) is 0 Å². The first-order valence-electron chi connectivity index (χ1n) is 22.0. The summed E-state index contributed by atoms with van der Waals surface area (Å²) in [7, 11) is 0. The van der Waals surface area contributed by atoms with Crippen LogP contribution in [0.4, 0.5) is 11.4 Å². The molecule has 49 heavy (non-hydrogen) atoms. The Morgan fingerprint density at radius 3 is 0.878 bits per heavy atom. The van der Waals surface area contributed by atoms with Gasteiger partial charge in [0.2, 0.25) is 0 Å². The normalized spacial score (nSPS) is 11.3. The van der Waals surface area contributed by atoms with Crippen molar-refractivity contribution in [1.29, 1.82) is 0 Å². The van der Waals surface area contributed by atoms with Gasteiger partial charge in [-0.25, -0.2) is 0 Å². The van der Waals surface area contributed by atoms with Gasteiger partial charge in [0.05, 0.1) is 0 Å². The van der Waals surface area contributed by atoms with Crippen LogP contribution < -0.4 is 10.6 Å². The molecule has 0 saturated heterocycles. The number of unbranched alkanes of at least 4 members (excludes halogenated alkanes) is 26. The lowest BCUT2D eigenvalue weighted by Crippen LogP contribution is -2.11. The van der Waals surface area contributed by atoms with Crippen molar-refractivity contribution in [2.24, 2.45) is 0 Å². The third-order valence-corrected chi connectivity index (χ3v) is 10.6. The van der Waals surface area contributed by atoms with E-state index in [0.717, 1.165) is 19.5 Å². The Bertz CT molecular complexity index is 891. The van der Waals surface area contributed by atoms with E-state index in [1.807, 2.05) is 0 Å². The van der Waals surface area contributed by atoms with E-state index in [4.69, 9.17) is 0 Å². The molecular weight excluding hydrogens is 593 g/mol. The van der Waals surface area contributed by atoms with E-state index < -0.39 is 0 Å². The summed E-state index contributed by atoms with van der Waals surface area (Å²) in [4.78, 5) is 0. The van der Waals surface area contributed by atoms with Crippen LogP contribution in [0.15, 0.2) is 48.5 Å². The predicted octanol–water partition coefficient (Wildman–Crippen LogP) is 15.6. The van der Waals surface area contributed by atoms with Gasteiger partial charge in [-0.3, -0.25) is 0 Å². The molecule has 2 N–H and O–H groups in total. The Labute approximate surface area is 306 Å². The molecule has 0 atom stereocenters. The van der Waals surface area contributed by atoms with Crippen LogP contribution in [-0.2, 0) is 12.8 Å². The number of hydrogen-bond donors (Lipinski definition) is 2. The molecule has 0 unspecified atom stereocenters. The highest BCUT2D eigenvalue weighted by molar-refractivity contribution is 5.52. The second-order valence-corrected chi connectivity index (χ2v) is 15.2. The largest absolute Gasteiger partial charge is 0.385 e. The fraction of sp³-hybridized carbons (Fsp3) is 0.745. The van der Waals surface area contributed by atoms with E-state index in [9.17, 15) is 0 Å². The Hall–Kier alpha value is -1.96. The lowest BCUT2D eigenvalue weighted by atomic mass is 10.0. The van der Waals surface area contributed by atoms with Crippen LogP contribution in [0.5, 0.6) is 0 Å². The van der Waals surface area contributed by atoms with Crippen LogP contribution in [0, 0.1) is 0 Å². The predicted molar refractivity (Wildman–Crippen MR) is 223 cm³/mol. The fourth-order valence-electron chi connectivity index (χ4n) is 7.38. The maximum Gasteiger partial charge on any atom is 0.0372 e. The van der Waals surface area contributed by atoms with Crippen LogP contribution in [0.3, 0.4) is 0 Å². The topological polar surface area (TPSA) is 24.1 Å². The van der Waals surface area contributed by atoms with Gasteiger partial charge in [-0.1, -0.05) is 217 Å². The molecule has 0 aromatic heterocycles. The summed E-state index contributed by atoms with van der Waals surface area (Å²) in [5, 5.41) is 7.51. The Kier molecular flexibility index (Phi) is 29.3. The summed E-state index contributed by atoms with van der Waals surface area (Å²) in [5.74, 6) is 0. The second kappa shape index (κ2) is 33.2. The monoisotopic (exact) mass is 675 g/mol. The van der Waals surface area contributed by atoms with Crippen molar-refractivity contribution >= 4 is 11.4 Å². The van der Waals surface area contributed by atoms with Gasteiger partial charge >= 0.3 is 0 Å². The second-order valence-electron chi connectivity index (χ2n) is 15.2. The highest BCUT2D eigenvalue weighted by atomic mass is 14.9. The third-order valence-electron chi connectivity index (χ3n) is 10.6. The zero-order chi connectivity index (χ0) is 34.7. The highest BCUT2D eigenvalue weighted by Gasteiger charge is 2.04. The number of hydrogen-bond acceptors (Lipinski definition) is 2. The van der Waals surface area contributed by atoms with E-state index in [-0.39, 0.29) is 0 Å². The number of benzene rings is 2. The highest BCUT2D eigenvalue weighted by Crippen LogP contribution is 2.21. The first-order chi connectivity index (χ1) is 24.3. The lowest BCUT2D eigenvalue weighted by Gasteiger charge is -2.14. The molecule has 0 fully saturated rings. The molecule has 0 radical (unpaired) electrons. The first-order valence-corrected chi connectivity index (χ1v) is 22.0. The number of anilines is 2. The van der Waals surface area contributed by atoms with Crippen molar-refractivity contribution in [2.45, 2.75) is 213 Å². The molecule has 2 heteroatoms. The standard InChI is InChI=1S/C47H82N2/c1-3-5-7-9-11-13-15-17-19-21-23-25-27-29-36-44-38-31-33-40-46(44)48-42-35-43-49-47-41-34-32-39-45(47)37-30-28-26-24-22-20-18-16-14-12-10-8-6-4-2/h31-34,38-41,48-49H,3-30,35-37,42-43H2,1-2H3. The van der Waals surface area contributed by atoms with Crippen LogP contribution in [-0.4, -0.2) is 13.1 Å².